The van der Waals surface area contributed by atoms with E-state index in [1.165, 1.54) is 6.08 Å². The third kappa shape index (κ3) is 7.95. The van der Waals surface area contributed by atoms with Gasteiger partial charge < -0.3 is 9.47 Å². The van der Waals surface area contributed by atoms with Gasteiger partial charge in [-0.1, -0.05) is 69.9 Å². The van der Waals surface area contributed by atoms with Gasteiger partial charge in [0.1, 0.15) is 5.57 Å². The fraction of sp³-hybridized carbons (Fsp3) is 0.500. The molecule has 0 aromatic heterocycles. The zero-order valence-electron chi connectivity index (χ0n) is 14.8. The summed E-state index contributed by atoms with van der Waals surface area (Å²) in [5.41, 5.74) is 0.720. The lowest BCUT2D eigenvalue weighted by Crippen LogP contribution is -2.19. The van der Waals surface area contributed by atoms with Crippen molar-refractivity contribution in [2.45, 2.75) is 52.4 Å². The molecule has 24 heavy (non-hydrogen) atoms. The summed E-state index contributed by atoms with van der Waals surface area (Å²) in [5, 5.41) is 0. The SMILES string of the molecule is CCCCCOC(=O)C(=Cc1ccccc1)C(=O)OCCCCC. The predicted octanol–water partition coefficient (Wildman–Crippen LogP) is 4.54. The van der Waals surface area contributed by atoms with Crippen molar-refractivity contribution < 1.29 is 19.1 Å². The van der Waals surface area contributed by atoms with Gasteiger partial charge in [0.2, 0.25) is 0 Å². The Labute approximate surface area is 144 Å². The number of hydrogen-bond acceptors (Lipinski definition) is 4. The molecule has 1 aromatic rings. The minimum Gasteiger partial charge on any atom is -0.462 e. The number of rotatable bonds is 11. The Balaban J connectivity index is 2.73. The molecule has 1 aromatic carbocycles. The second-order valence-electron chi connectivity index (χ2n) is 5.65. The fourth-order valence-electron chi connectivity index (χ4n) is 2.11. The van der Waals surface area contributed by atoms with Crippen molar-refractivity contribution in [1.29, 1.82) is 0 Å². The second-order valence-corrected chi connectivity index (χ2v) is 5.65. The van der Waals surface area contributed by atoms with Gasteiger partial charge >= 0.3 is 11.9 Å². The van der Waals surface area contributed by atoms with E-state index in [1.54, 1.807) is 0 Å². The van der Waals surface area contributed by atoms with E-state index in [4.69, 9.17) is 9.47 Å². The topological polar surface area (TPSA) is 52.6 Å². The molecule has 0 heterocycles. The van der Waals surface area contributed by atoms with Crippen LogP contribution in [0.4, 0.5) is 0 Å². The van der Waals surface area contributed by atoms with Crippen LogP contribution >= 0.6 is 0 Å². The summed E-state index contributed by atoms with van der Waals surface area (Å²) >= 11 is 0. The third-order valence-corrected chi connectivity index (χ3v) is 3.51. The second kappa shape index (κ2) is 12.3. The number of ether oxygens (including phenoxy) is 2. The molecule has 0 aliphatic heterocycles. The summed E-state index contributed by atoms with van der Waals surface area (Å²) in [7, 11) is 0. The molecule has 0 atom stereocenters. The predicted molar refractivity (Wildman–Crippen MR) is 95.4 cm³/mol. The molecule has 0 saturated heterocycles. The van der Waals surface area contributed by atoms with Gasteiger partial charge in [0.15, 0.2) is 0 Å². The molecule has 0 fully saturated rings. The van der Waals surface area contributed by atoms with Crippen LogP contribution in [0, 0.1) is 0 Å². The molecule has 0 aliphatic rings. The number of carbonyl (C=O) groups excluding carboxylic acids is 2. The van der Waals surface area contributed by atoms with Gasteiger partial charge in [-0.2, -0.15) is 0 Å². The van der Waals surface area contributed by atoms with Crippen molar-refractivity contribution in [1.82, 2.24) is 0 Å². The first-order chi connectivity index (χ1) is 11.7. The highest BCUT2D eigenvalue weighted by atomic mass is 16.6. The first-order valence-corrected chi connectivity index (χ1v) is 8.80. The summed E-state index contributed by atoms with van der Waals surface area (Å²) in [5.74, 6) is -1.23. The van der Waals surface area contributed by atoms with Crippen molar-refractivity contribution in [2.75, 3.05) is 13.2 Å². The Hall–Kier alpha value is -2.10. The molecule has 0 amide bonds. The van der Waals surface area contributed by atoms with Crippen LogP contribution < -0.4 is 0 Å². The summed E-state index contributed by atoms with van der Waals surface area (Å²) in [6.45, 7) is 4.80. The number of esters is 2. The number of carbonyl (C=O) groups is 2. The molecule has 0 unspecified atom stereocenters. The number of benzene rings is 1. The van der Waals surface area contributed by atoms with Crippen LogP contribution in [0.1, 0.15) is 57.9 Å². The van der Waals surface area contributed by atoms with Gasteiger partial charge in [0, 0.05) is 0 Å². The first kappa shape index (κ1) is 19.9. The van der Waals surface area contributed by atoms with Crippen LogP contribution in [-0.4, -0.2) is 25.2 Å². The first-order valence-electron chi connectivity index (χ1n) is 8.80. The van der Waals surface area contributed by atoms with Crippen LogP contribution in [0.25, 0.3) is 6.08 Å². The molecule has 0 radical (unpaired) electrons. The van der Waals surface area contributed by atoms with Gasteiger partial charge in [-0.3, -0.25) is 0 Å². The molecule has 0 N–H and O–H groups in total. The van der Waals surface area contributed by atoms with E-state index < -0.39 is 11.9 Å². The van der Waals surface area contributed by atoms with E-state index in [0.717, 1.165) is 44.1 Å². The molecule has 1 rings (SSSR count). The molecule has 0 aliphatic carbocycles. The van der Waals surface area contributed by atoms with E-state index in [9.17, 15) is 9.59 Å². The molecule has 132 valence electrons. The summed E-state index contributed by atoms with van der Waals surface area (Å²) in [4.78, 5) is 24.5. The van der Waals surface area contributed by atoms with Gasteiger partial charge in [-0.15, -0.1) is 0 Å². The largest absolute Gasteiger partial charge is 0.462 e. The van der Waals surface area contributed by atoms with E-state index >= 15 is 0 Å². The molecular formula is C20H28O4. The van der Waals surface area contributed by atoms with Gasteiger partial charge in [0.05, 0.1) is 13.2 Å². The maximum Gasteiger partial charge on any atom is 0.345 e. The highest BCUT2D eigenvalue weighted by molar-refractivity contribution is 6.17. The van der Waals surface area contributed by atoms with Crippen LogP contribution in [0.15, 0.2) is 35.9 Å². The molecule has 0 saturated carbocycles. The van der Waals surface area contributed by atoms with Crippen molar-refractivity contribution in [3.8, 4) is 0 Å². The summed E-state index contributed by atoms with van der Waals surface area (Å²) in [6.07, 6.45) is 7.20. The Kier molecular flexibility index (Phi) is 10.3. The van der Waals surface area contributed by atoms with Crippen LogP contribution in [0.5, 0.6) is 0 Å². The van der Waals surface area contributed by atoms with Crippen molar-refractivity contribution >= 4 is 18.0 Å². The average molecular weight is 332 g/mol. The monoisotopic (exact) mass is 332 g/mol. The Morgan fingerprint density at radius 1 is 0.833 bits per heavy atom. The van der Waals surface area contributed by atoms with E-state index in [1.807, 2.05) is 30.3 Å². The maximum absolute atomic E-state index is 12.2. The van der Waals surface area contributed by atoms with E-state index in [2.05, 4.69) is 13.8 Å². The lowest BCUT2D eigenvalue weighted by atomic mass is 10.1. The number of hydrogen-bond donors (Lipinski definition) is 0. The van der Waals surface area contributed by atoms with Crippen molar-refractivity contribution in [3.05, 3.63) is 41.5 Å². The smallest absolute Gasteiger partial charge is 0.345 e. The van der Waals surface area contributed by atoms with Gasteiger partial charge in [-0.25, -0.2) is 9.59 Å². The van der Waals surface area contributed by atoms with Gasteiger partial charge in [-0.05, 0) is 24.5 Å². The zero-order chi connectivity index (χ0) is 17.6. The minimum absolute atomic E-state index is 0.0470. The van der Waals surface area contributed by atoms with Crippen molar-refractivity contribution in [2.24, 2.45) is 0 Å². The normalized spacial score (nSPS) is 10.1. The number of unbranched alkanes of at least 4 members (excludes halogenated alkanes) is 4. The van der Waals surface area contributed by atoms with E-state index in [-0.39, 0.29) is 5.57 Å². The van der Waals surface area contributed by atoms with Crippen LogP contribution in [0.2, 0.25) is 0 Å². The summed E-state index contributed by atoms with van der Waals surface area (Å²) < 4.78 is 10.4. The van der Waals surface area contributed by atoms with E-state index in [0.29, 0.717) is 13.2 Å². The lowest BCUT2D eigenvalue weighted by Gasteiger charge is -2.09. The van der Waals surface area contributed by atoms with Crippen molar-refractivity contribution in [3.63, 3.8) is 0 Å². The maximum atomic E-state index is 12.2. The standard InChI is InChI=1S/C20H28O4/c1-3-5-10-14-23-19(21)18(16-17-12-8-7-9-13-17)20(22)24-15-11-6-4-2/h7-9,12-13,16H,3-6,10-11,14-15H2,1-2H3. The lowest BCUT2D eigenvalue weighted by molar-refractivity contribution is -0.147. The van der Waals surface area contributed by atoms with Gasteiger partial charge in [0.25, 0.3) is 0 Å². The summed E-state index contributed by atoms with van der Waals surface area (Å²) in [6, 6.07) is 9.23. The average Bonchev–Trinajstić information content (AvgIpc) is 2.61. The molecular weight excluding hydrogens is 304 g/mol. The highest BCUT2D eigenvalue weighted by Gasteiger charge is 2.21. The molecule has 0 spiro atoms. The third-order valence-electron chi connectivity index (χ3n) is 3.51. The quantitative estimate of drug-likeness (QED) is 0.196. The Morgan fingerprint density at radius 3 is 1.79 bits per heavy atom. The fourth-order valence-corrected chi connectivity index (χ4v) is 2.11. The molecule has 4 nitrogen and oxygen atoms in total. The minimum atomic E-state index is -0.615. The highest BCUT2D eigenvalue weighted by Crippen LogP contribution is 2.11. The molecule has 0 bridgehead atoms. The van der Waals surface area contributed by atoms with Crippen LogP contribution in [-0.2, 0) is 19.1 Å². The Morgan fingerprint density at radius 2 is 1.33 bits per heavy atom. The zero-order valence-corrected chi connectivity index (χ0v) is 14.8. The van der Waals surface area contributed by atoms with Crippen LogP contribution in [0.3, 0.4) is 0 Å². The molecule has 4 heteroatoms. The Bertz CT molecular complexity index is 494.